The average Bonchev–Trinajstić information content (AvgIpc) is 2.96. The highest BCUT2D eigenvalue weighted by Crippen LogP contribution is 2.40. The van der Waals surface area contributed by atoms with Crippen molar-refractivity contribution in [2.75, 3.05) is 0 Å². The van der Waals surface area contributed by atoms with Crippen molar-refractivity contribution in [1.82, 2.24) is 4.98 Å². The van der Waals surface area contributed by atoms with Crippen molar-refractivity contribution in [3.05, 3.63) is 52.2 Å². The van der Waals surface area contributed by atoms with Crippen LogP contribution in [0, 0.1) is 6.92 Å². The summed E-state index contributed by atoms with van der Waals surface area (Å²) in [4.78, 5) is 15.9. The number of fused-ring (bicyclic) bond motifs is 1. The summed E-state index contributed by atoms with van der Waals surface area (Å²) < 4.78 is 50.2. The van der Waals surface area contributed by atoms with Crippen molar-refractivity contribution < 1.29 is 27.4 Å². The molecule has 2 heterocycles. The molecule has 0 spiro atoms. The summed E-state index contributed by atoms with van der Waals surface area (Å²) in [7, 11) is 0. The second kappa shape index (κ2) is 7.79. The van der Waals surface area contributed by atoms with Gasteiger partial charge in [0.25, 0.3) is 0 Å². The first kappa shape index (κ1) is 20.1. The lowest BCUT2D eigenvalue weighted by Crippen LogP contribution is -2.10. The summed E-state index contributed by atoms with van der Waals surface area (Å²) in [6.07, 6.45) is -3.74. The lowest BCUT2D eigenvalue weighted by atomic mass is 10.2. The normalized spacial score (nSPS) is 11.6. The van der Waals surface area contributed by atoms with Crippen LogP contribution in [0.5, 0.6) is 11.5 Å². The number of hydrogen-bond donors (Lipinski definition) is 0. The Balaban J connectivity index is 1.81. The summed E-state index contributed by atoms with van der Waals surface area (Å²) in [6, 6.07) is 7.72. The molecule has 4 nitrogen and oxygen atoms in total. The second-order valence-corrected chi connectivity index (χ2v) is 7.32. The number of thiophene rings is 1. The maximum atomic E-state index is 12.7. The molecule has 1 aromatic carbocycles. The van der Waals surface area contributed by atoms with E-state index in [-0.39, 0.29) is 18.3 Å². The molecule has 0 unspecified atom stereocenters. The molecule has 148 valence electrons. The van der Waals surface area contributed by atoms with Crippen LogP contribution in [0.25, 0.3) is 10.1 Å². The minimum Gasteiger partial charge on any atom is -0.489 e. The number of alkyl halides is 3. The Hall–Kier alpha value is -2.61. The van der Waals surface area contributed by atoms with Crippen LogP contribution in [0.2, 0.25) is 0 Å². The van der Waals surface area contributed by atoms with Crippen LogP contribution < -0.4 is 9.47 Å². The topological polar surface area (TPSA) is 48.4 Å². The molecule has 0 aliphatic carbocycles. The molecular weight excluding hydrogens is 391 g/mol. The lowest BCUT2D eigenvalue weighted by Gasteiger charge is -2.11. The number of ether oxygens (including phenoxy) is 2. The van der Waals surface area contributed by atoms with Crippen molar-refractivity contribution in [3.8, 4) is 11.5 Å². The van der Waals surface area contributed by atoms with Gasteiger partial charge in [0.05, 0.1) is 0 Å². The first-order valence-corrected chi connectivity index (χ1v) is 9.41. The Labute approximate surface area is 163 Å². The summed E-state index contributed by atoms with van der Waals surface area (Å²) in [6.45, 7) is 4.97. The minimum atomic E-state index is -4.47. The van der Waals surface area contributed by atoms with E-state index in [0.29, 0.717) is 17.1 Å². The van der Waals surface area contributed by atoms with E-state index in [9.17, 15) is 18.0 Å². The van der Waals surface area contributed by atoms with Gasteiger partial charge < -0.3 is 9.47 Å². The van der Waals surface area contributed by atoms with Gasteiger partial charge in [-0.2, -0.15) is 13.2 Å². The molecule has 8 heteroatoms. The van der Waals surface area contributed by atoms with Crippen LogP contribution in [0.4, 0.5) is 13.2 Å². The number of aromatic nitrogens is 1. The van der Waals surface area contributed by atoms with Gasteiger partial charge in [-0.15, -0.1) is 11.3 Å². The monoisotopic (exact) mass is 409 g/mol. The maximum Gasteiger partial charge on any atom is 0.433 e. The standard InChI is InChI=1S/C20H18F3NO3S/c1-4-16-19(27-12(3)25)15-7-6-14(9-17(15)28-16)26-10-13-5-8-18(20(21,22)23)24-11(13)2/h5-9H,4,10H2,1-3H3. The molecular formula is C20H18F3NO3S. The van der Waals surface area contributed by atoms with Gasteiger partial charge in [0.2, 0.25) is 0 Å². The average molecular weight is 409 g/mol. The predicted octanol–water partition coefficient (Wildman–Crippen LogP) is 5.69. The zero-order valence-corrected chi connectivity index (χ0v) is 16.3. The van der Waals surface area contributed by atoms with E-state index < -0.39 is 11.9 Å². The molecule has 0 bridgehead atoms. The van der Waals surface area contributed by atoms with Crippen molar-refractivity contribution in [2.45, 2.75) is 40.0 Å². The zero-order chi connectivity index (χ0) is 20.5. The zero-order valence-electron chi connectivity index (χ0n) is 15.5. The predicted molar refractivity (Wildman–Crippen MR) is 101 cm³/mol. The molecule has 3 aromatic rings. The fourth-order valence-corrected chi connectivity index (χ4v) is 3.84. The Kier molecular flexibility index (Phi) is 5.60. The highest BCUT2D eigenvalue weighted by molar-refractivity contribution is 7.19. The summed E-state index contributed by atoms with van der Waals surface area (Å²) in [5, 5.41) is 0.830. The van der Waals surface area contributed by atoms with Gasteiger partial charge in [-0.1, -0.05) is 13.0 Å². The molecule has 0 aliphatic rings. The van der Waals surface area contributed by atoms with E-state index in [1.54, 1.807) is 6.07 Å². The van der Waals surface area contributed by atoms with Crippen molar-refractivity contribution in [3.63, 3.8) is 0 Å². The number of aryl methyl sites for hydroxylation is 2. The summed E-state index contributed by atoms with van der Waals surface area (Å²) in [5.41, 5.74) is -0.0644. The van der Waals surface area contributed by atoms with Gasteiger partial charge >= 0.3 is 12.1 Å². The molecule has 0 saturated heterocycles. The number of halogens is 3. The van der Waals surface area contributed by atoms with Gasteiger partial charge in [0.15, 0.2) is 5.75 Å². The first-order valence-electron chi connectivity index (χ1n) is 8.59. The smallest absolute Gasteiger partial charge is 0.433 e. The van der Waals surface area contributed by atoms with Gasteiger partial charge in [0, 0.05) is 33.1 Å². The van der Waals surface area contributed by atoms with Crippen molar-refractivity contribution in [1.29, 1.82) is 0 Å². The first-order chi connectivity index (χ1) is 13.2. The highest BCUT2D eigenvalue weighted by Gasteiger charge is 2.32. The fraction of sp³-hybridized carbons (Fsp3) is 0.300. The van der Waals surface area contributed by atoms with Crippen LogP contribution in [0.1, 0.15) is 35.7 Å². The SMILES string of the molecule is CCc1sc2cc(OCc3ccc(C(F)(F)F)nc3C)ccc2c1OC(C)=O. The number of carbonyl (C=O) groups is 1. The van der Waals surface area contributed by atoms with Crippen LogP contribution in [-0.2, 0) is 24.0 Å². The lowest BCUT2D eigenvalue weighted by molar-refractivity contribution is -0.141. The highest BCUT2D eigenvalue weighted by atomic mass is 32.1. The molecule has 0 amide bonds. The number of nitrogens with zero attached hydrogens (tertiary/aromatic N) is 1. The van der Waals surface area contributed by atoms with Crippen molar-refractivity contribution in [2.24, 2.45) is 0 Å². The Morgan fingerprint density at radius 1 is 1.21 bits per heavy atom. The van der Waals surface area contributed by atoms with Gasteiger partial charge in [-0.25, -0.2) is 4.98 Å². The molecule has 0 N–H and O–H groups in total. The third-order valence-corrected chi connectivity index (χ3v) is 5.41. The van der Waals surface area contributed by atoms with Crippen LogP contribution in [0.15, 0.2) is 30.3 Å². The van der Waals surface area contributed by atoms with E-state index in [1.807, 2.05) is 19.1 Å². The summed E-state index contributed by atoms with van der Waals surface area (Å²) >= 11 is 1.51. The minimum absolute atomic E-state index is 0.102. The number of carbonyl (C=O) groups excluding carboxylic acids is 1. The molecule has 0 radical (unpaired) electrons. The van der Waals surface area contributed by atoms with Crippen LogP contribution >= 0.6 is 11.3 Å². The number of hydrogen-bond acceptors (Lipinski definition) is 5. The molecule has 3 rings (SSSR count). The molecule has 0 saturated carbocycles. The number of rotatable bonds is 5. The van der Waals surface area contributed by atoms with E-state index >= 15 is 0 Å². The number of benzene rings is 1. The van der Waals surface area contributed by atoms with E-state index in [0.717, 1.165) is 27.5 Å². The molecule has 0 fully saturated rings. The van der Waals surface area contributed by atoms with Gasteiger partial charge in [-0.05, 0) is 37.6 Å². The third kappa shape index (κ3) is 4.27. The van der Waals surface area contributed by atoms with E-state index in [2.05, 4.69) is 4.98 Å². The molecule has 0 atom stereocenters. The van der Waals surface area contributed by atoms with E-state index in [1.165, 1.54) is 31.3 Å². The van der Waals surface area contributed by atoms with Crippen LogP contribution in [-0.4, -0.2) is 11.0 Å². The van der Waals surface area contributed by atoms with Gasteiger partial charge in [0.1, 0.15) is 18.1 Å². The van der Waals surface area contributed by atoms with E-state index in [4.69, 9.17) is 9.47 Å². The fourth-order valence-electron chi connectivity index (χ4n) is 2.74. The second-order valence-electron chi connectivity index (χ2n) is 6.19. The van der Waals surface area contributed by atoms with Crippen molar-refractivity contribution >= 4 is 27.4 Å². The largest absolute Gasteiger partial charge is 0.489 e. The maximum absolute atomic E-state index is 12.7. The quantitative estimate of drug-likeness (QED) is 0.508. The summed E-state index contributed by atoms with van der Waals surface area (Å²) in [5.74, 6) is 0.773. The Bertz CT molecular complexity index is 1030. The van der Waals surface area contributed by atoms with Crippen LogP contribution in [0.3, 0.4) is 0 Å². The molecule has 2 aromatic heterocycles. The van der Waals surface area contributed by atoms with Gasteiger partial charge in [-0.3, -0.25) is 4.79 Å². The number of esters is 1. The molecule has 0 aliphatic heterocycles. The molecule has 28 heavy (non-hydrogen) atoms. The Morgan fingerprint density at radius 2 is 1.96 bits per heavy atom. The Morgan fingerprint density at radius 3 is 2.57 bits per heavy atom. The third-order valence-electron chi connectivity index (χ3n) is 4.13. The number of pyridine rings is 1.